The van der Waals surface area contributed by atoms with E-state index in [0.717, 1.165) is 17.7 Å². The summed E-state index contributed by atoms with van der Waals surface area (Å²) in [5, 5.41) is 9.14. The lowest BCUT2D eigenvalue weighted by Crippen LogP contribution is -1.99. The second-order valence-electron chi connectivity index (χ2n) is 4.30. The van der Waals surface area contributed by atoms with Crippen molar-refractivity contribution in [3.05, 3.63) is 53.2 Å². The van der Waals surface area contributed by atoms with Crippen LogP contribution in [0.2, 0.25) is 0 Å². The van der Waals surface area contributed by atoms with Gasteiger partial charge in [-0.05, 0) is 31.5 Å². The molecule has 1 aromatic carbocycles. The Hall–Kier alpha value is -2.47. The molecule has 1 heterocycles. The second-order valence-corrected chi connectivity index (χ2v) is 4.30. The van der Waals surface area contributed by atoms with Crippen LogP contribution in [0.5, 0.6) is 0 Å². The predicted molar refractivity (Wildman–Crippen MR) is 73.8 cm³/mol. The zero-order chi connectivity index (χ0) is 13.8. The maximum Gasteiger partial charge on any atom is 0.159 e. The fourth-order valence-electron chi connectivity index (χ4n) is 1.91. The molecule has 0 aliphatic rings. The Morgan fingerprint density at radius 1 is 1.32 bits per heavy atom. The average molecular weight is 250 g/mol. The lowest BCUT2D eigenvalue weighted by molar-refractivity contribution is 0.101. The van der Waals surface area contributed by atoms with Crippen LogP contribution in [0.25, 0.3) is 11.3 Å². The lowest BCUT2D eigenvalue weighted by atomic mass is 10.0. The monoisotopic (exact) mass is 250 g/mol. The van der Waals surface area contributed by atoms with E-state index in [1.54, 1.807) is 18.2 Å². The van der Waals surface area contributed by atoms with E-state index in [1.165, 1.54) is 6.92 Å². The predicted octanol–water partition coefficient (Wildman–Crippen LogP) is 3.39. The van der Waals surface area contributed by atoms with Crippen LogP contribution in [0.3, 0.4) is 0 Å². The highest BCUT2D eigenvalue weighted by atomic mass is 16.1. The van der Waals surface area contributed by atoms with Gasteiger partial charge in [0.05, 0.1) is 17.3 Å². The van der Waals surface area contributed by atoms with Crippen molar-refractivity contribution in [3.63, 3.8) is 0 Å². The van der Waals surface area contributed by atoms with Crippen LogP contribution in [0.1, 0.15) is 35.5 Å². The van der Waals surface area contributed by atoms with Gasteiger partial charge in [0.2, 0.25) is 0 Å². The summed E-state index contributed by atoms with van der Waals surface area (Å²) in [4.78, 5) is 16.1. The fraction of sp³-hybridized carbons (Fsp3) is 0.188. The van der Waals surface area contributed by atoms with Crippen LogP contribution < -0.4 is 0 Å². The molecule has 0 radical (unpaired) electrons. The number of nitriles is 1. The Morgan fingerprint density at radius 2 is 2.05 bits per heavy atom. The van der Waals surface area contributed by atoms with Gasteiger partial charge in [-0.25, -0.2) is 0 Å². The van der Waals surface area contributed by atoms with Gasteiger partial charge >= 0.3 is 0 Å². The van der Waals surface area contributed by atoms with E-state index in [1.807, 2.05) is 25.1 Å². The van der Waals surface area contributed by atoms with E-state index >= 15 is 0 Å². The van der Waals surface area contributed by atoms with Gasteiger partial charge in [0.25, 0.3) is 0 Å². The molecule has 0 saturated heterocycles. The molecule has 0 spiro atoms. The maximum absolute atomic E-state index is 11.6. The van der Waals surface area contributed by atoms with Gasteiger partial charge in [-0.15, -0.1) is 0 Å². The van der Waals surface area contributed by atoms with E-state index in [9.17, 15) is 4.79 Å². The number of carbonyl (C=O) groups is 1. The first-order chi connectivity index (χ1) is 9.15. The Morgan fingerprint density at radius 3 is 2.68 bits per heavy atom. The molecule has 3 heteroatoms. The van der Waals surface area contributed by atoms with Gasteiger partial charge in [-0.1, -0.05) is 25.1 Å². The SMILES string of the molecule is CCc1cc(C(C)=O)cc(-c2ccccc2C#N)n1. The maximum atomic E-state index is 11.6. The first-order valence-electron chi connectivity index (χ1n) is 6.17. The highest BCUT2D eigenvalue weighted by Gasteiger charge is 2.10. The number of rotatable bonds is 3. The molecule has 0 fully saturated rings. The summed E-state index contributed by atoms with van der Waals surface area (Å²) in [7, 11) is 0. The number of aromatic nitrogens is 1. The van der Waals surface area contributed by atoms with E-state index in [4.69, 9.17) is 5.26 Å². The van der Waals surface area contributed by atoms with Gasteiger partial charge in [-0.3, -0.25) is 9.78 Å². The number of hydrogen-bond donors (Lipinski definition) is 0. The molecule has 94 valence electrons. The lowest BCUT2D eigenvalue weighted by Gasteiger charge is -2.07. The van der Waals surface area contributed by atoms with Gasteiger partial charge in [-0.2, -0.15) is 5.26 Å². The van der Waals surface area contributed by atoms with Gasteiger partial charge in [0.1, 0.15) is 0 Å². The number of nitrogens with zero attached hydrogens (tertiary/aromatic N) is 2. The molecule has 3 nitrogen and oxygen atoms in total. The molecule has 2 aromatic rings. The summed E-state index contributed by atoms with van der Waals surface area (Å²) < 4.78 is 0. The number of pyridine rings is 1. The highest BCUT2D eigenvalue weighted by Crippen LogP contribution is 2.23. The van der Waals surface area contributed by atoms with Crippen LogP contribution in [0, 0.1) is 11.3 Å². The van der Waals surface area contributed by atoms with Crippen LogP contribution in [-0.4, -0.2) is 10.8 Å². The van der Waals surface area contributed by atoms with Gasteiger partial charge in [0.15, 0.2) is 5.78 Å². The third-order valence-corrected chi connectivity index (χ3v) is 2.97. The zero-order valence-electron chi connectivity index (χ0n) is 11.0. The molecule has 0 amide bonds. The molecule has 1 aromatic heterocycles. The van der Waals surface area contributed by atoms with Crippen molar-refractivity contribution in [2.24, 2.45) is 0 Å². The molecule has 0 aliphatic carbocycles. The van der Waals surface area contributed by atoms with Crippen molar-refractivity contribution in [2.75, 3.05) is 0 Å². The molecule has 0 unspecified atom stereocenters. The minimum Gasteiger partial charge on any atom is -0.295 e. The van der Waals surface area contributed by atoms with Crippen molar-refractivity contribution in [1.82, 2.24) is 4.98 Å². The minimum absolute atomic E-state index is 0.00721. The number of carbonyl (C=O) groups excluding carboxylic acids is 1. The first kappa shape index (κ1) is 13.0. The quantitative estimate of drug-likeness (QED) is 0.784. The Bertz CT molecular complexity index is 669. The zero-order valence-corrected chi connectivity index (χ0v) is 11.0. The summed E-state index contributed by atoms with van der Waals surface area (Å²) in [6, 6.07) is 13.0. The van der Waals surface area contributed by atoms with E-state index in [0.29, 0.717) is 16.8 Å². The van der Waals surface area contributed by atoms with Crippen LogP contribution in [0.4, 0.5) is 0 Å². The van der Waals surface area contributed by atoms with E-state index in [-0.39, 0.29) is 5.78 Å². The van der Waals surface area contributed by atoms with Crippen LogP contribution >= 0.6 is 0 Å². The summed E-state index contributed by atoms with van der Waals surface area (Å²) in [5.41, 5.74) is 3.51. The molecular weight excluding hydrogens is 236 g/mol. The van der Waals surface area contributed by atoms with E-state index < -0.39 is 0 Å². The third kappa shape index (κ3) is 2.69. The van der Waals surface area contributed by atoms with Crippen molar-refractivity contribution in [3.8, 4) is 17.3 Å². The average Bonchev–Trinajstić information content (AvgIpc) is 2.46. The number of benzene rings is 1. The van der Waals surface area contributed by atoms with Gasteiger partial charge < -0.3 is 0 Å². The number of Topliss-reactive ketones (excluding diaryl/α,β-unsaturated/α-hetero) is 1. The Labute approximate surface area is 112 Å². The number of aryl methyl sites for hydroxylation is 1. The van der Waals surface area contributed by atoms with Crippen LogP contribution in [0.15, 0.2) is 36.4 Å². The molecule has 0 atom stereocenters. The van der Waals surface area contributed by atoms with Crippen molar-refractivity contribution in [1.29, 1.82) is 5.26 Å². The van der Waals surface area contributed by atoms with Crippen molar-refractivity contribution < 1.29 is 4.79 Å². The highest BCUT2D eigenvalue weighted by molar-refractivity contribution is 5.95. The minimum atomic E-state index is 0.00721. The first-order valence-corrected chi connectivity index (χ1v) is 6.17. The molecule has 0 bridgehead atoms. The molecule has 0 N–H and O–H groups in total. The number of ketones is 1. The smallest absolute Gasteiger partial charge is 0.159 e. The summed E-state index contributed by atoms with van der Waals surface area (Å²) in [6.45, 7) is 3.53. The summed E-state index contributed by atoms with van der Waals surface area (Å²) >= 11 is 0. The molecule has 2 rings (SSSR count). The van der Waals surface area contributed by atoms with Crippen LogP contribution in [-0.2, 0) is 6.42 Å². The van der Waals surface area contributed by atoms with Crippen molar-refractivity contribution >= 4 is 5.78 Å². The Balaban J connectivity index is 2.65. The summed E-state index contributed by atoms with van der Waals surface area (Å²) in [6.07, 6.45) is 0.753. The standard InChI is InChI=1S/C16H14N2O/c1-3-14-8-13(11(2)19)9-16(18-14)15-7-5-4-6-12(15)10-17/h4-9H,3H2,1-2H3. The number of hydrogen-bond acceptors (Lipinski definition) is 3. The van der Waals surface area contributed by atoms with Gasteiger partial charge in [0, 0.05) is 16.8 Å². The molecule has 0 aliphatic heterocycles. The van der Waals surface area contributed by atoms with Crippen molar-refractivity contribution in [2.45, 2.75) is 20.3 Å². The topological polar surface area (TPSA) is 53.8 Å². The normalized spacial score (nSPS) is 9.95. The fourth-order valence-corrected chi connectivity index (χ4v) is 1.91. The Kier molecular flexibility index (Phi) is 3.72. The largest absolute Gasteiger partial charge is 0.295 e. The second kappa shape index (κ2) is 5.45. The molecule has 0 saturated carbocycles. The third-order valence-electron chi connectivity index (χ3n) is 2.97. The molecular formula is C16H14N2O. The van der Waals surface area contributed by atoms with E-state index in [2.05, 4.69) is 11.1 Å². The molecule has 19 heavy (non-hydrogen) atoms. The summed E-state index contributed by atoms with van der Waals surface area (Å²) in [5.74, 6) is 0.00721.